The van der Waals surface area contributed by atoms with Gasteiger partial charge in [-0.25, -0.2) is 0 Å². The molecule has 0 unspecified atom stereocenters. The van der Waals surface area contributed by atoms with Gasteiger partial charge in [-0.05, 0) is 77.0 Å². The van der Waals surface area contributed by atoms with Crippen molar-refractivity contribution in [3.05, 3.63) is 84.9 Å². The summed E-state index contributed by atoms with van der Waals surface area (Å²) >= 11 is -0.362. The summed E-state index contributed by atoms with van der Waals surface area (Å²) in [5, 5.41) is 0. The molecule has 37 heavy (non-hydrogen) atoms. The van der Waals surface area contributed by atoms with Crippen molar-refractivity contribution in [2.24, 2.45) is 0 Å². The first-order valence-corrected chi connectivity index (χ1v) is 19.3. The van der Waals surface area contributed by atoms with E-state index in [9.17, 15) is 0 Å². The third-order valence-corrected chi connectivity index (χ3v) is 13.9. The molecule has 203 valence electrons. The first kappa shape index (κ1) is 30.8. The number of hydrogen-bond donors (Lipinski definition) is 0. The fourth-order valence-corrected chi connectivity index (χ4v) is 12.6. The fraction of sp³-hybridized carbons (Fsp3) is 0.529. The van der Waals surface area contributed by atoms with E-state index in [1.54, 1.807) is 96.3 Å². The zero-order chi connectivity index (χ0) is 24.8. The Morgan fingerprint density at radius 2 is 0.946 bits per heavy atom. The van der Waals surface area contributed by atoms with Gasteiger partial charge < -0.3 is 7.43 Å². The molecule has 3 aliphatic rings. The zero-order valence-electron chi connectivity index (χ0n) is 22.8. The van der Waals surface area contributed by atoms with Gasteiger partial charge in [0, 0.05) is 7.92 Å². The molecule has 0 aromatic heterocycles. The van der Waals surface area contributed by atoms with Gasteiger partial charge in [0.05, 0.1) is 17.0 Å². The molecule has 0 N–H and O–H groups in total. The van der Waals surface area contributed by atoms with Gasteiger partial charge in [0.2, 0.25) is 0 Å². The average Bonchev–Trinajstić information content (AvgIpc) is 2.97. The Kier molecular flexibility index (Phi) is 14.7. The van der Waals surface area contributed by atoms with E-state index in [-0.39, 0.29) is 31.0 Å². The van der Waals surface area contributed by atoms with Crippen LogP contribution in [-0.4, -0.2) is 21.2 Å². The molecule has 0 amide bonds. The molecule has 0 radical (unpaired) electrons. The van der Waals surface area contributed by atoms with E-state index in [4.69, 9.17) is 9.69 Å². The van der Waals surface area contributed by atoms with E-state index >= 15 is 0 Å². The number of rotatable bonds is 5. The Morgan fingerprint density at radius 1 is 0.595 bits per heavy atom. The average molecular weight is 623 g/mol. The van der Waals surface area contributed by atoms with Gasteiger partial charge in [0.25, 0.3) is 0 Å². The number of hydrogen-bond acceptors (Lipinski definition) is 0. The van der Waals surface area contributed by atoms with Crippen molar-refractivity contribution in [1.29, 1.82) is 0 Å². The maximum atomic E-state index is 5.72. The molecule has 2 aromatic rings. The Hall–Kier alpha value is -0.787. The second kappa shape index (κ2) is 17.7. The van der Waals surface area contributed by atoms with Crippen molar-refractivity contribution >= 4 is 27.5 Å². The summed E-state index contributed by atoms with van der Waals surface area (Å²) in [5.74, 6) is 0. The normalized spacial score (nSPS) is 19.1. The van der Waals surface area contributed by atoms with Crippen LogP contribution in [0.15, 0.2) is 66.4 Å². The van der Waals surface area contributed by atoms with Crippen LogP contribution >= 0.6 is 17.6 Å². The molecule has 2 aromatic carbocycles. The second-order valence-electron chi connectivity index (χ2n) is 10.9. The van der Waals surface area contributed by atoms with E-state index in [0.717, 1.165) is 16.7 Å². The minimum absolute atomic E-state index is 0. The summed E-state index contributed by atoms with van der Waals surface area (Å²) in [6.07, 6.45) is 23.8. The molecule has 3 aliphatic carbocycles. The number of halogens is 1. The van der Waals surface area contributed by atoms with Crippen LogP contribution in [-0.2, 0) is 15.7 Å². The van der Waals surface area contributed by atoms with Crippen LogP contribution in [0.1, 0.15) is 107 Å². The van der Waals surface area contributed by atoms with E-state index < -0.39 is 0 Å². The molecule has 5 rings (SSSR count). The van der Waals surface area contributed by atoms with Gasteiger partial charge in [0.15, 0.2) is 0 Å². The van der Waals surface area contributed by atoms with Gasteiger partial charge in [-0.3, -0.25) is 0 Å². The monoisotopic (exact) mass is 623 g/mol. The SMILES string of the molecule is C1CCC([PH+](C2CCCCC2)C2CCCCC2)CC1.[CH3-].[Cl][Ru]=[C]=C=C(c1ccccc1)c1ccccc1. The van der Waals surface area contributed by atoms with Gasteiger partial charge >= 0.3 is 113 Å². The predicted molar refractivity (Wildman–Crippen MR) is 165 cm³/mol. The molecule has 3 saturated carbocycles. The summed E-state index contributed by atoms with van der Waals surface area (Å²) in [6.45, 7) is 0. The molecule has 3 fully saturated rings. The maximum absolute atomic E-state index is 5.72. The van der Waals surface area contributed by atoms with Crippen molar-refractivity contribution in [3.8, 4) is 0 Å². The molecule has 0 atom stereocenters. The first-order valence-electron chi connectivity index (χ1n) is 14.4. The summed E-state index contributed by atoms with van der Waals surface area (Å²) in [6, 6.07) is 20.4. The standard InChI is InChI=1S/C18H33P.C15H10.CH3.ClH.Ru/c1-4-10-16(11-5-1)19(17-12-6-2-7-13-17)18-14-8-3-9-15-18;1-2-15(13-9-5-3-6-10-13)14-11-7-4-8-12-14;;;/h16-18H,1-15H2;3-12H;1H3;1H;/q;;-1;;+1. The van der Waals surface area contributed by atoms with Crippen LogP contribution in [0.3, 0.4) is 0 Å². The van der Waals surface area contributed by atoms with E-state index in [1.165, 1.54) is 17.0 Å². The number of benzene rings is 2. The van der Waals surface area contributed by atoms with Gasteiger partial charge in [-0.1, -0.05) is 19.3 Å². The predicted octanol–water partition coefficient (Wildman–Crippen LogP) is 10.6. The Labute approximate surface area is 240 Å². The molecule has 0 spiro atoms. The molecular weight excluding hydrogens is 576 g/mol. The van der Waals surface area contributed by atoms with Crippen molar-refractivity contribution in [2.45, 2.75) is 113 Å². The van der Waals surface area contributed by atoms with E-state index in [0.29, 0.717) is 0 Å². The first-order chi connectivity index (χ1) is 17.9. The van der Waals surface area contributed by atoms with Crippen molar-refractivity contribution in [3.63, 3.8) is 0 Å². The van der Waals surface area contributed by atoms with Gasteiger partial charge in [0.1, 0.15) is 0 Å². The molecule has 0 nitrogen and oxygen atoms in total. The molecule has 0 saturated heterocycles. The van der Waals surface area contributed by atoms with Crippen LogP contribution in [0.2, 0.25) is 0 Å². The fourth-order valence-electron chi connectivity index (χ4n) is 6.89. The summed E-state index contributed by atoms with van der Waals surface area (Å²) in [7, 11) is 5.68. The molecular formula is C34H47ClPRu. The topological polar surface area (TPSA) is 0 Å². The Morgan fingerprint density at radius 3 is 1.27 bits per heavy atom. The molecule has 0 aliphatic heterocycles. The van der Waals surface area contributed by atoms with Crippen LogP contribution in [0.5, 0.6) is 0 Å². The second-order valence-corrected chi connectivity index (χ2v) is 15.9. The van der Waals surface area contributed by atoms with Crippen molar-refractivity contribution < 1.29 is 15.7 Å². The summed E-state index contributed by atoms with van der Waals surface area (Å²) in [4.78, 5) is 0. The van der Waals surface area contributed by atoms with Crippen LogP contribution in [0.4, 0.5) is 0 Å². The van der Waals surface area contributed by atoms with Crippen molar-refractivity contribution in [1.82, 2.24) is 0 Å². The van der Waals surface area contributed by atoms with Crippen LogP contribution in [0, 0.1) is 7.43 Å². The Bertz CT molecular complexity index is 889. The molecule has 0 bridgehead atoms. The third-order valence-electron chi connectivity index (χ3n) is 8.56. The molecule has 0 heterocycles. The quantitative estimate of drug-likeness (QED) is 0.135. The zero-order valence-corrected chi connectivity index (χ0v) is 26.3. The third kappa shape index (κ3) is 9.72. The minimum atomic E-state index is -0.362. The van der Waals surface area contributed by atoms with Crippen molar-refractivity contribution in [2.75, 3.05) is 0 Å². The molecule has 3 heteroatoms. The summed E-state index contributed by atoms with van der Waals surface area (Å²) in [5.41, 5.74) is 10.2. The summed E-state index contributed by atoms with van der Waals surface area (Å²) < 4.78 is 3.01. The van der Waals surface area contributed by atoms with Crippen LogP contribution < -0.4 is 0 Å². The van der Waals surface area contributed by atoms with E-state index in [2.05, 4.69) is 34.3 Å². The Balaban J connectivity index is 0.000000201. The van der Waals surface area contributed by atoms with Crippen LogP contribution in [0.25, 0.3) is 5.57 Å². The van der Waals surface area contributed by atoms with E-state index in [1.807, 2.05) is 36.4 Å². The van der Waals surface area contributed by atoms with Gasteiger partial charge in [-0.15, -0.1) is 0 Å². The van der Waals surface area contributed by atoms with Gasteiger partial charge in [-0.2, -0.15) is 0 Å².